The molecule has 0 saturated carbocycles. The van der Waals surface area contributed by atoms with Crippen molar-refractivity contribution in [1.29, 1.82) is 0 Å². The van der Waals surface area contributed by atoms with Gasteiger partial charge in [0.2, 0.25) is 5.91 Å². The minimum atomic E-state index is 0.244. The van der Waals surface area contributed by atoms with Gasteiger partial charge in [0.05, 0.1) is 0 Å². The molecule has 0 bridgehead atoms. The van der Waals surface area contributed by atoms with Crippen molar-refractivity contribution in [3.63, 3.8) is 0 Å². The van der Waals surface area contributed by atoms with Crippen LogP contribution in [0.1, 0.15) is 111 Å². The number of amides is 1. The fourth-order valence-corrected chi connectivity index (χ4v) is 3.14. The Morgan fingerprint density at radius 3 is 1.64 bits per heavy atom. The van der Waals surface area contributed by atoms with E-state index in [1.54, 1.807) is 0 Å². The van der Waals surface area contributed by atoms with E-state index in [1.807, 2.05) is 0 Å². The average molecular weight is 355 g/mol. The lowest BCUT2D eigenvalue weighted by molar-refractivity contribution is -0.121. The van der Waals surface area contributed by atoms with Crippen LogP contribution >= 0.6 is 0 Å². The Morgan fingerprint density at radius 1 is 0.640 bits per heavy atom. The second kappa shape index (κ2) is 19.8. The summed E-state index contributed by atoms with van der Waals surface area (Å²) in [4.78, 5) is 14.4. The van der Waals surface area contributed by atoms with Crippen molar-refractivity contribution in [3.05, 3.63) is 0 Å². The van der Waals surface area contributed by atoms with E-state index in [4.69, 9.17) is 0 Å². The normalized spacial score (nSPS) is 11.2. The van der Waals surface area contributed by atoms with E-state index in [0.717, 1.165) is 19.5 Å². The maximum atomic E-state index is 11.9. The number of nitrogens with zero attached hydrogens (tertiary/aromatic N) is 1. The first-order chi connectivity index (χ1) is 12.2. The molecule has 0 spiro atoms. The largest absolute Gasteiger partial charge is 0.355 e. The van der Waals surface area contributed by atoms with Gasteiger partial charge in [0.15, 0.2) is 0 Å². The molecule has 0 atom stereocenters. The zero-order chi connectivity index (χ0) is 18.6. The van der Waals surface area contributed by atoms with Gasteiger partial charge in [-0.3, -0.25) is 4.79 Å². The Balaban J connectivity index is 3.51. The highest BCUT2D eigenvalue weighted by molar-refractivity contribution is 5.75. The number of carbonyl (C=O) groups excluding carboxylic acids is 1. The van der Waals surface area contributed by atoms with Crippen molar-refractivity contribution in [1.82, 2.24) is 10.2 Å². The number of unbranched alkanes of at least 4 members (excludes halogenated alkanes) is 10. The summed E-state index contributed by atoms with van der Waals surface area (Å²) in [5, 5.41) is 3.11. The predicted molar refractivity (Wildman–Crippen MR) is 111 cm³/mol. The van der Waals surface area contributed by atoms with E-state index < -0.39 is 0 Å². The van der Waals surface area contributed by atoms with Crippen LogP contribution in [0.15, 0.2) is 0 Å². The maximum absolute atomic E-state index is 11.9. The third-order valence-corrected chi connectivity index (χ3v) is 4.91. The van der Waals surface area contributed by atoms with Crippen molar-refractivity contribution in [2.24, 2.45) is 0 Å². The molecular weight excluding hydrogens is 308 g/mol. The maximum Gasteiger partial charge on any atom is 0.220 e. The summed E-state index contributed by atoms with van der Waals surface area (Å²) in [6, 6.07) is 0. The lowest BCUT2D eigenvalue weighted by atomic mass is 10.1. The summed E-state index contributed by atoms with van der Waals surface area (Å²) < 4.78 is 0. The zero-order valence-electron chi connectivity index (χ0n) is 17.6. The van der Waals surface area contributed by atoms with Crippen molar-refractivity contribution in [3.8, 4) is 0 Å². The van der Waals surface area contributed by atoms with Crippen molar-refractivity contribution < 1.29 is 4.79 Å². The van der Waals surface area contributed by atoms with Gasteiger partial charge in [-0.05, 0) is 32.4 Å². The van der Waals surface area contributed by atoms with Crippen LogP contribution in [0.3, 0.4) is 0 Å². The summed E-state index contributed by atoms with van der Waals surface area (Å²) in [5.41, 5.74) is 0. The van der Waals surface area contributed by atoms with Crippen LogP contribution in [0.4, 0.5) is 0 Å². The summed E-state index contributed by atoms with van der Waals surface area (Å²) >= 11 is 0. The van der Waals surface area contributed by atoms with Gasteiger partial charge < -0.3 is 10.2 Å². The summed E-state index contributed by atoms with van der Waals surface area (Å²) in [5.74, 6) is 0.244. The topological polar surface area (TPSA) is 32.3 Å². The Hall–Kier alpha value is -0.570. The minimum absolute atomic E-state index is 0.244. The molecule has 0 saturated heterocycles. The Kier molecular flexibility index (Phi) is 19.3. The molecule has 0 aromatic heterocycles. The predicted octanol–water partition coefficient (Wildman–Crippen LogP) is 5.93. The lowest BCUT2D eigenvalue weighted by Crippen LogP contribution is -2.36. The number of hydrogen-bond acceptors (Lipinski definition) is 2. The van der Waals surface area contributed by atoms with E-state index in [-0.39, 0.29) is 5.91 Å². The first kappa shape index (κ1) is 24.4. The molecule has 0 heterocycles. The molecule has 0 aliphatic rings. The van der Waals surface area contributed by atoms with Crippen LogP contribution in [0.2, 0.25) is 0 Å². The van der Waals surface area contributed by atoms with Crippen LogP contribution in [0, 0.1) is 0 Å². The molecule has 0 rings (SSSR count). The van der Waals surface area contributed by atoms with Gasteiger partial charge >= 0.3 is 0 Å². The third kappa shape index (κ3) is 18.0. The number of carbonyl (C=O) groups is 1. The molecule has 1 amide bonds. The Bertz CT molecular complexity index is 273. The van der Waals surface area contributed by atoms with Crippen LogP contribution in [-0.4, -0.2) is 37.0 Å². The smallest absolute Gasteiger partial charge is 0.220 e. The van der Waals surface area contributed by atoms with E-state index in [2.05, 4.69) is 31.0 Å². The molecular formula is C22H46N2O. The second-order valence-corrected chi connectivity index (χ2v) is 7.48. The quantitative estimate of drug-likeness (QED) is 0.292. The third-order valence-electron chi connectivity index (χ3n) is 4.91. The van der Waals surface area contributed by atoms with Gasteiger partial charge in [-0.15, -0.1) is 0 Å². The highest BCUT2D eigenvalue weighted by Crippen LogP contribution is 2.10. The summed E-state index contributed by atoms with van der Waals surface area (Å²) in [7, 11) is 0. The first-order valence-corrected chi connectivity index (χ1v) is 11.2. The summed E-state index contributed by atoms with van der Waals surface area (Å²) in [6.45, 7) is 10.9. The molecule has 0 aliphatic heterocycles. The van der Waals surface area contributed by atoms with Gasteiger partial charge in [0, 0.05) is 19.5 Å². The highest BCUT2D eigenvalue weighted by Gasteiger charge is 2.05. The van der Waals surface area contributed by atoms with Crippen molar-refractivity contribution in [2.75, 3.05) is 26.2 Å². The van der Waals surface area contributed by atoms with Gasteiger partial charge in [0.25, 0.3) is 0 Å². The van der Waals surface area contributed by atoms with Crippen LogP contribution in [-0.2, 0) is 4.79 Å². The molecule has 1 N–H and O–H groups in total. The van der Waals surface area contributed by atoms with Gasteiger partial charge in [-0.1, -0.05) is 85.0 Å². The highest BCUT2D eigenvalue weighted by atomic mass is 16.1. The lowest BCUT2D eigenvalue weighted by Gasteiger charge is -2.22. The molecule has 0 aliphatic carbocycles. The molecule has 0 aromatic carbocycles. The number of hydrogen-bond donors (Lipinski definition) is 1. The van der Waals surface area contributed by atoms with E-state index in [9.17, 15) is 4.79 Å². The zero-order valence-corrected chi connectivity index (χ0v) is 17.6. The Morgan fingerprint density at radius 2 is 1.12 bits per heavy atom. The minimum Gasteiger partial charge on any atom is -0.355 e. The molecule has 3 nitrogen and oxygen atoms in total. The SMILES string of the molecule is CCCCCCCCCCCC(=O)NCCN(CCCC)CCCC. The van der Waals surface area contributed by atoms with Crippen LogP contribution in [0.25, 0.3) is 0 Å². The molecule has 0 radical (unpaired) electrons. The molecule has 3 heteroatoms. The molecule has 0 fully saturated rings. The van der Waals surface area contributed by atoms with E-state index >= 15 is 0 Å². The fourth-order valence-electron chi connectivity index (χ4n) is 3.14. The van der Waals surface area contributed by atoms with Gasteiger partial charge in [-0.2, -0.15) is 0 Å². The standard InChI is InChI=1S/C22H46N2O/c1-4-7-10-11-12-13-14-15-16-17-22(25)23-18-21-24(19-8-5-2)20-9-6-3/h4-21H2,1-3H3,(H,23,25). The summed E-state index contributed by atoms with van der Waals surface area (Å²) in [6.07, 6.45) is 17.5. The first-order valence-electron chi connectivity index (χ1n) is 11.2. The molecule has 0 unspecified atom stereocenters. The Labute approximate surface area is 158 Å². The molecule has 25 heavy (non-hydrogen) atoms. The van der Waals surface area contributed by atoms with Crippen LogP contribution < -0.4 is 5.32 Å². The van der Waals surface area contributed by atoms with E-state index in [1.165, 1.54) is 90.1 Å². The van der Waals surface area contributed by atoms with Gasteiger partial charge in [0.1, 0.15) is 0 Å². The molecule has 0 aromatic rings. The number of nitrogens with one attached hydrogen (secondary N) is 1. The average Bonchev–Trinajstić information content (AvgIpc) is 2.62. The van der Waals surface area contributed by atoms with E-state index in [0.29, 0.717) is 6.42 Å². The van der Waals surface area contributed by atoms with Crippen LogP contribution in [0.5, 0.6) is 0 Å². The second-order valence-electron chi connectivity index (χ2n) is 7.48. The number of rotatable bonds is 19. The van der Waals surface area contributed by atoms with Crippen molar-refractivity contribution >= 4 is 5.91 Å². The monoisotopic (exact) mass is 354 g/mol. The van der Waals surface area contributed by atoms with Gasteiger partial charge in [-0.25, -0.2) is 0 Å². The van der Waals surface area contributed by atoms with Crippen molar-refractivity contribution in [2.45, 2.75) is 111 Å². The molecule has 150 valence electrons. The fraction of sp³-hybridized carbons (Fsp3) is 0.955.